The summed E-state index contributed by atoms with van der Waals surface area (Å²) in [7, 11) is -3.23. The molecule has 0 saturated heterocycles. The molecule has 0 aliphatic carbocycles. The fourth-order valence-corrected chi connectivity index (χ4v) is 3.92. The van der Waals surface area contributed by atoms with Gasteiger partial charge in [0.15, 0.2) is 15.0 Å². The first-order valence-corrected chi connectivity index (χ1v) is 11.0. The highest BCUT2D eigenvalue weighted by atomic mass is 32.2. The van der Waals surface area contributed by atoms with E-state index in [1.165, 1.54) is 11.8 Å². The maximum absolute atomic E-state index is 12.3. The quantitative estimate of drug-likeness (QED) is 0.486. The minimum atomic E-state index is -3.23. The minimum Gasteiger partial charge on any atom is -0.493 e. The molecule has 140 valence electrons. The lowest BCUT2D eigenvalue weighted by Gasteiger charge is -2.07. The fraction of sp³-hybridized carbons (Fsp3) is 0.158. The molecule has 2 N–H and O–H groups in total. The van der Waals surface area contributed by atoms with Crippen molar-refractivity contribution in [3.05, 3.63) is 81.6 Å². The average Bonchev–Trinajstić information content (AvgIpc) is 2.63. The van der Waals surface area contributed by atoms with Gasteiger partial charge in [-0.2, -0.15) is 4.98 Å². The number of aromatic nitrogens is 2. The van der Waals surface area contributed by atoms with Gasteiger partial charge in [-0.1, -0.05) is 54.2 Å². The third-order valence-electron chi connectivity index (χ3n) is 3.92. The molecule has 0 aliphatic rings. The van der Waals surface area contributed by atoms with E-state index in [1.807, 2.05) is 30.3 Å². The van der Waals surface area contributed by atoms with Gasteiger partial charge in [-0.05, 0) is 23.3 Å². The van der Waals surface area contributed by atoms with Crippen molar-refractivity contribution in [3.63, 3.8) is 0 Å². The Balaban J connectivity index is 1.72. The number of aromatic hydroxyl groups is 1. The number of hydrogen-bond donors (Lipinski definition) is 2. The topological polar surface area (TPSA) is 100 Å². The SMILES string of the molecule is CS(=O)(=O)c1ccc(CSc2nc(O)c(Cc3ccccc3)c(=O)[nH]2)cc1. The maximum Gasteiger partial charge on any atom is 0.258 e. The number of nitrogens with zero attached hydrogens (tertiary/aromatic N) is 1. The molecule has 0 amide bonds. The lowest BCUT2D eigenvalue weighted by molar-refractivity contribution is 0.437. The summed E-state index contributed by atoms with van der Waals surface area (Å²) in [5, 5.41) is 10.5. The number of thioether (sulfide) groups is 1. The zero-order valence-electron chi connectivity index (χ0n) is 14.5. The molecule has 2 aromatic carbocycles. The standard InChI is InChI=1S/C19H18N2O4S2/c1-27(24,25)15-9-7-14(8-10-15)12-26-19-20-17(22)16(18(23)21-19)11-13-5-3-2-4-6-13/h2-10H,11-12H2,1H3,(H2,20,21,22,23). The molecular formula is C19H18N2O4S2. The Bertz CT molecular complexity index is 1090. The monoisotopic (exact) mass is 402 g/mol. The Labute approximate surface area is 161 Å². The molecule has 1 aromatic heterocycles. The van der Waals surface area contributed by atoms with Gasteiger partial charge in [0.05, 0.1) is 10.5 Å². The van der Waals surface area contributed by atoms with Crippen LogP contribution in [0.4, 0.5) is 0 Å². The van der Waals surface area contributed by atoms with E-state index < -0.39 is 9.84 Å². The van der Waals surface area contributed by atoms with Gasteiger partial charge in [0.2, 0.25) is 5.88 Å². The summed E-state index contributed by atoms with van der Waals surface area (Å²) in [6, 6.07) is 15.9. The van der Waals surface area contributed by atoms with Crippen LogP contribution in [0.25, 0.3) is 0 Å². The average molecular weight is 402 g/mol. The molecule has 0 aliphatic heterocycles. The van der Waals surface area contributed by atoms with Crippen LogP contribution in [0, 0.1) is 0 Å². The van der Waals surface area contributed by atoms with Gasteiger partial charge >= 0.3 is 0 Å². The molecule has 0 atom stereocenters. The molecule has 1 heterocycles. The van der Waals surface area contributed by atoms with Crippen molar-refractivity contribution in [2.24, 2.45) is 0 Å². The van der Waals surface area contributed by atoms with Crippen LogP contribution in [0.15, 0.2) is 69.4 Å². The molecule has 8 heteroatoms. The van der Waals surface area contributed by atoms with E-state index in [4.69, 9.17) is 0 Å². The number of sulfone groups is 1. The molecular weight excluding hydrogens is 384 g/mol. The third kappa shape index (κ3) is 4.99. The lowest BCUT2D eigenvalue weighted by Crippen LogP contribution is -2.15. The first kappa shape index (κ1) is 19.2. The summed E-state index contributed by atoms with van der Waals surface area (Å²) < 4.78 is 23.0. The second kappa shape index (κ2) is 7.98. The summed E-state index contributed by atoms with van der Waals surface area (Å²) in [6.45, 7) is 0. The van der Waals surface area contributed by atoms with Crippen molar-refractivity contribution in [1.82, 2.24) is 9.97 Å². The zero-order chi connectivity index (χ0) is 19.4. The van der Waals surface area contributed by atoms with Crippen LogP contribution in [0.2, 0.25) is 0 Å². The van der Waals surface area contributed by atoms with Crippen molar-refractivity contribution in [2.45, 2.75) is 22.2 Å². The number of nitrogens with one attached hydrogen (secondary N) is 1. The van der Waals surface area contributed by atoms with Crippen LogP contribution in [0.3, 0.4) is 0 Å². The summed E-state index contributed by atoms with van der Waals surface area (Å²) >= 11 is 1.25. The van der Waals surface area contributed by atoms with Crippen molar-refractivity contribution < 1.29 is 13.5 Å². The Morgan fingerprint density at radius 2 is 1.70 bits per heavy atom. The van der Waals surface area contributed by atoms with Crippen LogP contribution < -0.4 is 5.56 Å². The highest BCUT2D eigenvalue weighted by molar-refractivity contribution is 7.98. The van der Waals surface area contributed by atoms with Crippen molar-refractivity contribution >= 4 is 21.6 Å². The van der Waals surface area contributed by atoms with Gasteiger partial charge in [-0.15, -0.1) is 0 Å². The normalized spacial score (nSPS) is 11.4. The van der Waals surface area contributed by atoms with E-state index >= 15 is 0 Å². The van der Waals surface area contributed by atoms with E-state index in [1.54, 1.807) is 24.3 Å². The van der Waals surface area contributed by atoms with Crippen molar-refractivity contribution in [1.29, 1.82) is 0 Å². The van der Waals surface area contributed by atoms with Crippen molar-refractivity contribution in [2.75, 3.05) is 6.26 Å². The Morgan fingerprint density at radius 3 is 2.30 bits per heavy atom. The Hall–Kier alpha value is -2.58. The predicted molar refractivity (Wildman–Crippen MR) is 105 cm³/mol. The predicted octanol–water partition coefficient (Wildman–Crippen LogP) is 2.76. The van der Waals surface area contributed by atoms with Gasteiger partial charge < -0.3 is 10.1 Å². The van der Waals surface area contributed by atoms with E-state index in [0.29, 0.717) is 17.3 Å². The highest BCUT2D eigenvalue weighted by Crippen LogP contribution is 2.23. The van der Waals surface area contributed by atoms with E-state index in [-0.39, 0.29) is 21.9 Å². The molecule has 0 fully saturated rings. The fourth-order valence-electron chi connectivity index (χ4n) is 2.48. The van der Waals surface area contributed by atoms with E-state index in [9.17, 15) is 18.3 Å². The Kier molecular flexibility index (Phi) is 5.67. The second-order valence-corrected chi connectivity index (χ2v) is 9.02. The Morgan fingerprint density at radius 1 is 1.04 bits per heavy atom. The number of H-pyrrole nitrogens is 1. The molecule has 0 unspecified atom stereocenters. The van der Waals surface area contributed by atoms with Gasteiger partial charge in [-0.25, -0.2) is 8.42 Å². The minimum absolute atomic E-state index is 0.225. The van der Waals surface area contributed by atoms with Gasteiger partial charge in [0.25, 0.3) is 5.56 Å². The molecule has 6 nitrogen and oxygen atoms in total. The van der Waals surface area contributed by atoms with Gasteiger partial charge in [-0.3, -0.25) is 4.79 Å². The molecule has 3 aromatic rings. The van der Waals surface area contributed by atoms with Crippen LogP contribution in [0.5, 0.6) is 5.88 Å². The van der Waals surface area contributed by atoms with Crippen molar-refractivity contribution in [3.8, 4) is 5.88 Å². The van der Waals surface area contributed by atoms with Gasteiger partial charge in [0, 0.05) is 18.4 Å². The number of hydrogen-bond acceptors (Lipinski definition) is 6. The number of benzene rings is 2. The first-order valence-electron chi connectivity index (χ1n) is 8.11. The first-order chi connectivity index (χ1) is 12.8. The zero-order valence-corrected chi connectivity index (χ0v) is 16.2. The summed E-state index contributed by atoms with van der Waals surface area (Å²) in [4.78, 5) is 19.3. The summed E-state index contributed by atoms with van der Waals surface area (Å²) in [5.74, 6) is 0.197. The van der Waals surface area contributed by atoms with E-state index in [0.717, 1.165) is 17.4 Å². The highest BCUT2D eigenvalue weighted by Gasteiger charge is 2.12. The molecule has 0 saturated carbocycles. The van der Waals surface area contributed by atoms with E-state index in [2.05, 4.69) is 9.97 Å². The molecule has 0 radical (unpaired) electrons. The maximum atomic E-state index is 12.3. The van der Waals surface area contributed by atoms with Gasteiger partial charge in [0.1, 0.15) is 0 Å². The second-order valence-electron chi connectivity index (χ2n) is 6.04. The van der Waals surface area contributed by atoms with Crippen LogP contribution in [0.1, 0.15) is 16.7 Å². The third-order valence-corrected chi connectivity index (χ3v) is 6.00. The van der Waals surface area contributed by atoms with Crippen LogP contribution >= 0.6 is 11.8 Å². The molecule has 0 spiro atoms. The van der Waals surface area contributed by atoms with Crippen LogP contribution in [-0.4, -0.2) is 29.7 Å². The molecule has 0 bridgehead atoms. The molecule has 27 heavy (non-hydrogen) atoms. The number of aromatic amines is 1. The largest absolute Gasteiger partial charge is 0.493 e. The summed E-state index contributed by atoms with van der Waals surface area (Å²) in [5.41, 5.74) is 1.64. The van der Waals surface area contributed by atoms with Crippen LogP contribution in [-0.2, 0) is 22.0 Å². The smallest absolute Gasteiger partial charge is 0.258 e. The summed E-state index contributed by atoms with van der Waals surface area (Å²) in [6.07, 6.45) is 1.46. The molecule has 3 rings (SSSR count). The number of rotatable bonds is 6. The lowest BCUT2D eigenvalue weighted by atomic mass is 10.1.